The third kappa shape index (κ3) is 3.15. The molecule has 1 aromatic carbocycles. The molecule has 8 heteroatoms. The van der Waals surface area contributed by atoms with Crippen LogP contribution in [0.25, 0.3) is 5.65 Å². The van der Waals surface area contributed by atoms with E-state index in [-0.39, 0.29) is 11.6 Å². The summed E-state index contributed by atoms with van der Waals surface area (Å²) in [5.41, 5.74) is 1.38. The molecule has 116 valence electrons. The van der Waals surface area contributed by atoms with Crippen molar-refractivity contribution in [2.45, 2.75) is 6.92 Å². The zero-order valence-electron chi connectivity index (χ0n) is 12.1. The summed E-state index contributed by atoms with van der Waals surface area (Å²) < 4.78 is 15.2. The van der Waals surface area contributed by atoms with Crippen LogP contribution in [0, 0.1) is 5.82 Å². The Kier molecular flexibility index (Phi) is 3.71. The van der Waals surface area contributed by atoms with Crippen LogP contribution in [0.5, 0.6) is 0 Å². The molecule has 0 unspecified atom stereocenters. The second-order valence-electron chi connectivity index (χ2n) is 4.84. The third-order valence-electron chi connectivity index (χ3n) is 3.09. The third-order valence-corrected chi connectivity index (χ3v) is 3.09. The summed E-state index contributed by atoms with van der Waals surface area (Å²) in [6.45, 7) is 1.28. The van der Waals surface area contributed by atoms with Gasteiger partial charge in [0, 0.05) is 18.8 Å². The summed E-state index contributed by atoms with van der Waals surface area (Å²) in [6, 6.07) is 7.21. The topological polar surface area (TPSA) is 88.4 Å². The van der Waals surface area contributed by atoms with E-state index in [9.17, 15) is 14.0 Å². The van der Waals surface area contributed by atoms with Gasteiger partial charge < -0.3 is 10.6 Å². The molecular weight excluding hydrogens is 301 g/mol. The highest BCUT2D eigenvalue weighted by molar-refractivity contribution is 6.04. The normalized spacial score (nSPS) is 10.5. The number of benzene rings is 1. The lowest BCUT2D eigenvalue weighted by molar-refractivity contribution is -0.114. The standard InChI is InChI=1S/C15H12FN5O2/c1-9(22)18-13-6-11(3-4-12(13)16)19-15(23)10-2-5-14-20-17-8-21(14)7-10/h2-8H,1H3,(H,18,22)(H,19,23). The average Bonchev–Trinajstić information content (AvgIpc) is 2.97. The molecule has 0 saturated heterocycles. The van der Waals surface area contributed by atoms with E-state index in [0.29, 0.717) is 16.9 Å². The number of hydrogen-bond donors (Lipinski definition) is 2. The van der Waals surface area contributed by atoms with E-state index >= 15 is 0 Å². The molecule has 7 nitrogen and oxygen atoms in total. The van der Waals surface area contributed by atoms with Gasteiger partial charge in [-0.25, -0.2) is 4.39 Å². The molecule has 0 fully saturated rings. The lowest BCUT2D eigenvalue weighted by atomic mass is 10.2. The number of amides is 2. The molecule has 2 amide bonds. The molecule has 0 aliphatic heterocycles. The molecule has 0 aliphatic rings. The molecule has 0 bridgehead atoms. The summed E-state index contributed by atoms with van der Waals surface area (Å²) in [5, 5.41) is 12.6. The predicted molar refractivity (Wildman–Crippen MR) is 81.6 cm³/mol. The number of hydrogen-bond acceptors (Lipinski definition) is 4. The molecule has 0 spiro atoms. The van der Waals surface area contributed by atoms with E-state index in [1.165, 1.54) is 31.5 Å². The van der Waals surface area contributed by atoms with Gasteiger partial charge in [-0.3, -0.25) is 14.0 Å². The van der Waals surface area contributed by atoms with Gasteiger partial charge in [0.1, 0.15) is 12.1 Å². The maximum absolute atomic E-state index is 13.6. The highest BCUT2D eigenvalue weighted by Crippen LogP contribution is 2.20. The summed E-state index contributed by atoms with van der Waals surface area (Å²) in [5.74, 6) is -1.35. The summed E-state index contributed by atoms with van der Waals surface area (Å²) >= 11 is 0. The molecule has 0 radical (unpaired) electrons. The van der Waals surface area contributed by atoms with Gasteiger partial charge in [-0.15, -0.1) is 10.2 Å². The number of halogens is 1. The summed E-state index contributed by atoms with van der Waals surface area (Å²) in [7, 11) is 0. The van der Waals surface area contributed by atoms with Gasteiger partial charge in [0.15, 0.2) is 5.65 Å². The highest BCUT2D eigenvalue weighted by atomic mass is 19.1. The fourth-order valence-corrected chi connectivity index (χ4v) is 2.05. The van der Waals surface area contributed by atoms with Crippen LogP contribution in [0.4, 0.5) is 15.8 Å². The van der Waals surface area contributed by atoms with Crippen LogP contribution in [0.1, 0.15) is 17.3 Å². The number of anilines is 2. The Labute approximate surface area is 130 Å². The first kappa shape index (κ1) is 14.6. The lowest BCUT2D eigenvalue weighted by Crippen LogP contribution is -2.13. The second kappa shape index (κ2) is 5.84. The van der Waals surface area contributed by atoms with Gasteiger partial charge in [0.2, 0.25) is 5.91 Å². The van der Waals surface area contributed by atoms with Gasteiger partial charge >= 0.3 is 0 Å². The maximum Gasteiger partial charge on any atom is 0.257 e. The Hall–Kier alpha value is -3.29. The monoisotopic (exact) mass is 313 g/mol. The molecule has 23 heavy (non-hydrogen) atoms. The Bertz CT molecular complexity index is 906. The van der Waals surface area contributed by atoms with Gasteiger partial charge in [0.05, 0.1) is 11.3 Å². The Morgan fingerprint density at radius 3 is 2.78 bits per heavy atom. The number of pyridine rings is 1. The average molecular weight is 313 g/mol. The summed E-state index contributed by atoms with van der Waals surface area (Å²) in [4.78, 5) is 23.3. The predicted octanol–water partition coefficient (Wildman–Crippen LogP) is 2.08. The molecule has 2 heterocycles. The SMILES string of the molecule is CC(=O)Nc1cc(NC(=O)c2ccc3nncn3c2)ccc1F. The minimum absolute atomic E-state index is 0.00422. The molecular formula is C15H12FN5O2. The number of carbonyl (C=O) groups excluding carboxylic acids is 2. The minimum atomic E-state index is -0.580. The number of nitrogens with zero attached hydrogens (tertiary/aromatic N) is 3. The van der Waals surface area contributed by atoms with Crippen molar-refractivity contribution in [1.82, 2.24) is 14.6 Å². The number of fused-ring (bicyclic) bond motifs is 1. The van der Waals surface area contributed by atoms with E-state index in [4.69, 9.17) is 0 Å². The van der Waals surface area contributed by atoms with E-state index in [1.807, 2.05) is 0 Å². The van der Waals surface area contributed by atoms with Crippen LogP contribution in [0.3, 0.4) is 0 Å². The Balaban J connectivity index is 1.83. The van der Waals surface area contributed by atoms with Crippen LogP contribution in [0.2, 0.25) is 0 Å². The first-order valence-electron chi connectivity index (χ1n) is 6.71. The second-order valence-corrected chi connectivity index (χ2v) is 4.84. The molecule has 0 aliphatic carbocycles. The van der Waals surface area contributed by atoms with Crippen LogP contribution < -0.4 is 10.6 Å². The molecule has 2 N–H and O–H groups in total. The fraction of sp³-hybridized carbons (Fsp3) is 0.0667. The van der Waals surface area contributed by atoms with Crippen molar-refractivity contribution in [2.24, 2.45) is 0 Å². The number of rotatable bonds is 3. The van der Waals surface area contributed by atoms with Crippen molar-refractivity contribution < 1.29 is 14.0 Å². The van der Waals surface area contributed by atoms with Crippen molar-refractivity contribution in [3.63, 3.8) is 0 Å². The van der Waals surface area contributed by atoms with E-state index in [1.54, 1.807) is 22.7 Å². The van der Waals surface area contributed by atoms with E-state index in [2.05, 4.69) is 20.8 Å². The quantitative estimate of drug-likeness (QED) is 0.775. The molecule has 0 atom stereocenters. The lowest BCUT2D eigenvalue weighted by Gasteiger charge is -2.09. The minimum Gasteiger partial charge on any atom is -0.324 e. The Morgan fingerprint density at radius 1 is 1.17 bits per heavy atom. The van der Waals surface area contributed by atoms with Crippen LogP contribution >= 0.6 is 0 Å². The zero-order chi connectivity index (χ0) is 16.4. The first-order chi connectivity index (χ1) is 11.0. The van der Waals surface area contributed by atoms with Crippen molar-refractivity contribution in [3.05, 3.63) is 54.2 Å². The Morgan fingerprint density at radius 2 is 2.00 bits per heavy atom. The number of carbonyl (C=O) groups is 2. The first-order valence-corrected chi connectivity index (χ1v) is 6.71. The number of nitrogens with one attached hydrogen (secondary N) is 2. The highest BCUT2D eigenvalue weighted by Gasteiger charge is 2.10. The largest absolute Gasteiger partial charge is 0.324 e. The van der Waals surface area contributed by atoms with Crippen molar-refractivity contribution in [3.8, 4) is 0 Å². The van der Waals surface area contributed by atoms with Gasteiger partial charge in [-0.1, -0.05) is 0 Å². The van der Waals surface area contributed by atoms with Gasteiger partial charge in [-0.05, 0) is 30.3 Å². The molecule has 2 aromatic heterocycles. The van der Waals surface area contributed by atoms with E-state index < -0.39 is 11.7 Å². The summed E-state index contributed by atoms with van der Waals surface area (Å²) in [6.07, 6.45) is 3.07. The molecule has 3 rings (SSSR count). The zero-order valence-corrected chi connectivity index (χ0v) is 12.1. The van der Waals surface area contributed by atoms with Crippen molar-refractivity contribution in [1.29, 1.82) is 0 Å². The van der Waals surface area contributed by atoms with Gasteiger partial charge in [0.25, 0.3) is 5.91 Å². The van der Waals surface area contributed by atoms with Gasteiger partial charge in [-0.2, -0.15) is 0 Å². The van der Waals surface area contributed by atoms with E-state index in [0.717, 1.165) is 0 Å². The van der Waals surface area contributed by atoms with Crippen molar-refractivity contribution >= 4 is 28.8 Å². The molecule has 3 aromatic rings. The number of aromatic nitrogens is 3. The maximum atomic E-state index is 13.6. The smallest absolute Gasteiger partial charge is 0.257 e. The van der Waals surface area contributed by atoms with Crippen LogP contribution in [-0.4, -0.2) is 26.4 Å². The van der Waals surface area contributed by atoms with Crippen molar-refractivity contribution in [2.75, 3.05) is 10.6 Å². The molecule has 0 saturated carbocycles. The van der Waals surface area contributed by atoms with Crippen LogP contribution in [0.15, 0.2) is 42.9 Å². The fourth-order valence-electron chi connectivity index (χ4n) is 2.05. The van der Waals surface area contributed by atoms with Crippen LogP contribution in [-0.2, 0) is 4.79 Å².